The number of nitrogens with zero attached hydrogens (tertiary/aromatic N) is 6. The van der Waals surface area contributed by atoms with Crippen LogP contribution in [0.15, 0.2) is 72.8 Å². The minimum Gasteiger partial charge on any atom is -0.493 e. The predicted molar refractivity (Wildman–Crippen MR) is 298 cm³/mol. The summed E-state index contributed by atoms with van der Waals surface area (Å²) in [5.74, 6) is 4.62. The third kappa shape index (κ3) is 10.1. The molecule has 5 heterocycles. The molecule has 0 saturated carbocycles. The van der Waals surface area contributed by atoms with Crippen molar-refractivity contribution in [3.05, 3.63) is 72.8 Å². The average molecular weight is 997 g/mol. The second kappa shape index (κ2) is 23.2. The minimum atomic E-state index is 0.387. The Hall–Kier alpha value is -7.48. The molecule has 0 unspecified atom stereocenters. The van der Waals surface area contributed by atoms with Crippen LogP contribution in [-0.2, 0) is 0 Å². The lowest BCUT2D eigenvalue weighted by molar-refractivity contribution is 0.303. The first-order valence-corrected chi connectivity index (χ1v) is 27.1. The van der Waals surface area contributed by atoms with Crippen molar-refractivity contribution < 1.29 is 28.4 Å². The lowest BCUT2D eigenvalue weighted by atomic mass is 10.1. The Balaban J connectivity index is 1.42. The summed E-state index contributed by atoms with van der Waals surface area (Å²) in [6.07, 6.45) is 11.1. The second-order valence-electron chi connectivity index (χ2n) is 19.0. The summed E-state index contributed by atoms with van der Waals surface area (Å²) < 4.78 is 39.9. The van der Waals surface area contributed by atoms with Crippen LogP contribution < -0.4 is 28.4 Å². The van der Waals surface area contributed by atoms with E-state index in [9.17, 15) is 0 Å². The van der Waals surface area contributed by atoms with Gasteiger partial charge in [0.05, 0.1) is 72.3 Å². The summed E-state index contributed by atoms with van der Waals surface area (Å²) in [5, 5.41) is 6.64. The molecule has 1 aliphatic rings. The third-order valence-electron chi connectivity index (χ3n) is 13.5. The minimum absolute atomic E-state index is 0.387. The summed E-state index contributed by atoms with van der Waals surface area (Å²) in [6, 6.07) is 24.4. The topological polar surface area (TPSA) is 164 Å². The largest absolute Gasteiger partial charge is 0.493 e. The van der Waals surface area contributed by atoms with E-state index < -0.39 is 0 Å². The molecule has 0 aliphatic carbocycles. The van der Waals surface area contributed by atoms with E-state index in [-0.39, 0.29) is 0 Å². The number of nitrogens with one attached hydrogen (secondary N) is 2. The second-order valence-corrected chi connectivity index (χ2v) is 19.0. The number of H-pyrrole nitrogens is 2. The van der Waals surface area contributed by atoms with Gasteiger partial charge < -0.3 is 38.4 Å². The van der Waals surface area contributed by atoms with E-state index in [1.807, 2.05) is 36.4 Å². The van der Waals surface area contributed by atoms with Crippen LogP contribution in [0, 0.1) is 0 Å². The Bertz CT molecular complexity index is 3590. The fourth-order valence-electron chi connectivity index (χ4n) is 9.36. The van der Waals surface area contributed by atoms with Crippen LogP contribution in [0.25, 0.3) is 99.7 Å². The van der Waals surface area contributed by atoms with Gasteiger partial charge in [-0.15, -0.1) is 0 Å². The molecule has 0 saturated heterocycles. The van der Waals surface area contributed by atoms with E-state index in [2.05, 4.69) is 87.9 Å². The number of fused-ring (bicyclic) bond motifs is 21. The summed E-state index contributed by atoms with van der Waals surface area (Å²) in [7, 11) is 0. The van der Waals surface area contributed by atoms with Crippen molar-refractivity contribution in [2.24, 2.45) is 0 Å². The number of benzene rings is 3. The molecule has 4 aromatic heterocycles. The van der Waals surface area contributed by atoms with Gasteiger partial charge in [0.2, 0.25) is 0 Å². The predicted octanol–water partition coefficient (Wildman–Crippen LogP) is 15.2. The van der Waals surface area contributed by atoms with Crippen LogP contribution in [0.3, 0.4) is 0 Å². The van der Waals surface area contributed by atoms with Crippen LogP contribution in [0.5, 0.6) is 34.5 Å². The van der Waals surface area contributed by atoms with Crippen LogP contribution in [-0.4, -0.2) is 79.5 Å². The molecule has 5 aromatic carbocycles. The summed E-state index contributed by atoms with van der Waals surface area (Å²) >= 11 is 0. The Morgan fingerprint density at radius 3 is 1.09 bits per heavy atom. The monoisotopic (exact) mass is 997 g/mol. The molecule has 0 fully saturated rings. The van der Waals surface area contributed by atoms with Gasteiger partial charge in [0.1, 0.15) is 57.1 Å². The number of hydrogen-bond acceptors (Lipinski definition) is 12. The molecule has 8 bridgehead atoms. The molecule has 2 N–H and O–H groups in total. The van der Waals surface area contributed by atoms with E-state index >= 15 is 0 Å². The maximum atomic E-state index is 6.66. The maximum Gasteiger partial charge on any atom is 0.168 e. The zero-order valence-corrected chi connectivity index (χ0v) is 43.8. The zero-order chi connectivity index (χ0) is 51.0. The lowest BCUT2D eigenvalue weighted by Gasteiger charge is -2.14. The van der Waals surface area contributed by atoms with Crippen molar-refractivity contribution in [3.8, 4) is 57.3 Å². The van der Waals surface area contributed by atoms with Gasteiger partial charge in [0.25, 0.3) is 0 Å². The molecule has 0 amide bonds. The van der Waals surface area contributed by atoms with Gasteiger partial charge in [-0.05, 0) is 97.8 Å². The van der Waals surface area contributed by atoms with Crippen molar-refractivity contribution in [1.29, 1.82) is 0 Å². The molecule has 14 nitrogen and oxygen atoms in total. The van der Waals surface area contributed by atoms with Gasteiger partial charge in [-0.2, -0.15) is 0 Å². The summed E-state index contributed by atoms with van der Waals surface area (Å²) in [4.78, 5) is 40.0. The van der Waals surface area contributed by atoms with Crippen LogP contribution >= 0.6 is 0 Å². The van der Waals surface area contributed by atoms with Crippen LogP contribution in [0.4, 0.5) is 0 Å². The molecule has 1 aliphatic heterocycles. The molecular formula is C60H68N8O6. The van der Waals surface area contributed by atoms with E-state index in [1.165, 1.54) is 0 Å². The van der Waals surface area contributed by atoms with Gasteiger partial charge in [-0.25, -0.2) is 29.9 Å². The molecule has 14 heteroatoms. The molecule has 10 rings (SSSR count). The molecule has 0 spiro atoms. The number of ether oxygens (including phenoxy) is 6. The quantitative estimate of drug-likeness (QED) is 0.0551. The van der Waals surface area contributed by atoms with E-state index in [4.69, 9.17) is 58.3 Å². The normalized spacial score (nSPS) is 11.8. The number of aromatic nitrogens is 8. The SMILES string of the molecule is CCCCOc1ccc(OCCCC)c2c1-c1nc-2nc2[nH]c(nc3nc(nc4[nH]c(n1)c1c(OCCCC)ccc(OCCCC)c41)c1ccc4cccc4cc31)c1c(OCCCC)ccc(OCCCC)c21. The maximum absolute atomic E-state index is 6.66. The Kier molecular flexibility index (Phi) is 15.7. The highest BCUT2D eigenvalue weighted by Crippen LogP contribution is 2.48. The highest BCUT2D eigenvalue weighted by molar-refractivity contribution is 6.15. The first-order chi connectivity index (χ1) is 36.5. The lowest BCUT2D eigenvalue weighted by Crippen LogP contribution is -2.02. The highest BCUT2D eigenvalue weighted by Gasteiger charge is 2.30. The number of hydrogen-bond donors (Lipinski definition) is 2. The highest BCUT2D eigenvalue weighted by atomic mass is 16.5. The van der Waals surface area contributed by atoms with Gasteiger partial charge in [-0.1, -0.05) is 104 Å². The van der Waals surface area contributed by atoms with Gasteiger partial charge in [0, 0.05) is 10.8 Å². The van der Waals surface area contributed by atoms with Crippen molar-refractivity contribution in [2.75, 3.05) is 39.6 Å². The molecule has 0 radical (unpaired) electrons. The Morgan fingerprint density at radius 2 is 0.689 bits per heavy atom. The molecule has 384 valence electrons. The molecular weight excluding hydrogens is 929 g/mol. The van der Waals surface area contributed by atoms with Crippen molar-refractivity contribution in [2.45, 2.75) is 119 Å². The van der Waals surface area contributed by atoms with E-state index in [0.29, 0.717) is 142 Å². The summed E-state index contributed by atoms with van der Waals surface area (Å²) in [5.41, 5.74) is 4.27. The average Bonchev–Trinajstić information content (AvgIpc) is 4.22. The fourth-order valence-corrected chi connectivity index (χ4v) is 9.36. The van der Waals surface area contributed by atoms with E-state index in [1.54, 1.807) is 0 Å². The Labute approximate surface area is 431 Å². The van der Waals surface area contributed by atoms with E-state index in [0.717, 1.165) is 109 Å². The fraction of sp³-hybridized carbons (Fsp3) is 0.400. The molecule has 9 aromatic rings. The standard InChI is InChI=1S/C60H68N8O6/c1-7-13-30-69-41-24-26-43(71-32-15-9-3)49-47(41)55-62-53-39-23-22-37-20-19-21-38(37)36-40(39)54(61-53)63-56-48-42(70-31-14-8-2)25-27-44(72-33-16-10-4)50(48)58(65-56)67-60-52-46(74-35-18-12-6)29-28-45(73-34-17-11-5)51(52)59(68-60)66-57(49)64-55/h19-29,36H,7-18,30-35H2,1-6H3,(H2,61,62,63,64,65,66,67,68). The zero-order valence-electron chi connectivity index (χ0n) is 43.8. The van der Waals surface area contributed by atoms with Crippen molar-refractivity contribution in [3.63, 3.8) is 0 Å². The number of unbranched alkanes of at least 4 members (excludes halogenated alkanes) is 6. The molecule has 0 atom stereocenters. The van der Waals surface area contributed by atoms with Crippen molar-refractivity contribution in [1.82, 2.24) is 39.9 Å². The first-order valence-electron chi connectivity index (χ1n) is 27.1. The molecule has 74 heavy (non-hydrogen) atoms. The van der Waals surface area contributed by atoms with Gasteiger partial charge in [0.15, 0.2) is 22.9 Å². The third-order valence-corrected chi connectivity index (χ3v) is 13.5. The number of aromatic amines is 2. The smallest absolute Gasteiger partial charge is 0.168 e. The summed E-state index contributed by atoms with van der Waals surface area (Å²) in [6.45, 7) is 16.0. The van der Waals surface area contributed by atoms with Gasteiger partial charge >= 0.3 is 0 Å². The Morgan fingerprint density at radius 1 is 0.338 bits per heavy atom. The van der Waals surface area contributed by atoms with Crippen molar-refractivity contribution >= 4 is 77.0 Å². The van der Waals surface area contributed by atoms with Gasteiger partial charge in [-0.3, -0.25) is 0 Å². The number of rotatable bonds is 24. The first kappa shape index (κ1) is 50.1. The van der Waals surface area contributed by atoms with Crippen LogP contribution in [0.2, 0.25) is 0 Å². The van der Waals surface area contributed by atoms with Crippen LogP contribution in [0.1, 0.15) is 119 Å².